The Morgan fingerprint density at radius 3 is 2.47 bits per heavy atom. The molecule has 0 aromatic heterocycles. The quantitative estimate of drug-likeness (QED) is 0.800. The minimum Gasteiger partial charge on any atom is -0.342 e. The first-order valence-corrected chi connectivity index (χ1v) is 6.75. The van der Waals surface area contributed by atoms with Gasteiger partial charge in [0.15, 0.2) is 0 Å². The van der Waals surface area contributed by atoms with E-state index in [0.717, 1.165) is 25.4 Å². The maximum atomic E-state index is 11.9. The van der Waals surface area contributed by atoms with Crippen LogP contribution in [0, 0.1) is 5.92 Å². The fraction of sp³-hybridized carbons (Fsp3) is 0.923. The Kier molecular flexibility index (Phi) is 9.56. The lowest BCUT2D eigenvalue weighted by molar-refractivity contribution is -0.131. The molecule has 1 aliphatic carbocycles. The van der Waals surface area contributed by atoms with E-state index in [9.17, 15) is 4.79 Å². The number of nitrogens with two attached hydrogens (primary N) is 1. The molecule has 1 amide bonds. The molecule has 3 nitrogen and oxygen atoms in total. The van der Waals surface area contributed by atoms with Crippen molar-refractivity contribution in [1.82, 2.24) is 4.90 Å². The molecule has 4 heteroatoms. The average Bonchev–Trinajstić information content (AvgIpc) is 2.30. The molecule has 1 rings (SSSR count). The number of carbonyl (C=O) groups is 1. The minimum absolute atomic E-state index is 0. The van der Waals surface area contributed by atoms with Gasteiger partial charge in [0.05, 0.1) is 0 Å². The lowest BCUT2D eigenvalue weighted by Gasteiger charge is -2.29. The summed E-state index contributed by atoms with van der Waals surface area (Å²) in [5.74, 6) is 0.983. The van der Waals surface area contributed by atoms with Crippen LogP contribution in [0.1, 0.15) is 51.9 Å². The first-order valence-electron chi connectivity index (χ1n) is 6.75. The van der Waals surface area contributed by atoms with Crippen molar-refractivity contribution in [3.63, 3.8) is 0 Å². The van der Waals surface area contributed by atoms with Gasteiger partial charge >= 0.3 is 0 Å². The Hall–Kier alpha value is -0.280. The molecule has 0 aromatic carbocycles. The van der Waals surface area contributed by atoms with Gasteiger partial charge in [-0.15, -0.1) is 12.4 Å². The van der Waals surface area contributed by atoms with E-state index in [1.807, 2.05) is 4.90 Å². The summed E-state index contributed by atoms with van der Waals surface area (Å²) in [6, 6.07) is 0. The van der Waals surface area contributed by atoms with Gasteiger partial charge in [-0.3, -0.25) is 4.79 Å². The van der Waals surface area contributed by atoms with Crippen molar-refractivity contribution in [2.75, 3.05) is 19.6 Å². The van der Waals surface area contributed by atoms with E-state index in [1.54, 1.807) is 0 Å². The summed E-state index contributed by atoms with van der Waals surface area (Å²) in [6.45, 7) is 4.47. The molecular weight excluding hydrogens is 236 g/mol. The van der Waals surface area contributed by atoms with Gasteiger partial charge in [0.1, 0.15) is 0 Å². The van der Waals surface area contributed by atoms with Crippen molar-refractivity contribution in [2.45, 2.75) is 51.9 Å². The summed E-state index contributed by atoms with van der Waals surface area (Å²) in [6.07, 6.45) is 8.22. The molecule has 0 bridgehead atoms. The molecule has 0 saturated heterocycles. The van der Waals surface area contributed by atoms with Gasteiger partial charge in [-0.25, -0.2) is 0 Å². The van der Waals surface area contributed by atoms with Crippen LogP contribution in [-0.2, 0) is 4.79 Å². The van der Waals surface area contributed by atoms with Crippen LogP contribution in [0.4, 0.5) is 0 Å². The van der Waals surface area contributed by atoms with Crippen LogP contribution in [-0.4, -0.2) is 30.4 Å². The zero-order valence-corrected chi connectivity index (χ0v) is 11.8. The third-order valence-electron chi connectivity index (χ3n) is 3.41. The van der Waals surface area contributed by atoms with Gasteiger partial charge < -0.3 is 10.6 Å². The van der Waals surface area contributed by atoms with Gasteiger partial charge in [0.25, 0.3) is 0 Å². The van der Waals surface area contributed by atoms with Crippen molar-refractivity contribution in [3.05, 3.63) is 0 Å². The first kappa shape index (κ1) is 16.7. The Morgan fingerprint density at radius 1 is 1.29 bits per heavy atom. The maximum absolute atomic E-state index is 11.9. The number of nitrogens with zero attached hydrogens (tertiary/aromatic N) is 1. The fourth-order valence-electron chi connectivity index (χ4n) is 2.55. The number of halogens is 1. The van der Waals surface area contributed by atoms with E-state index in [4.69, 9.17) is 5.73 Å². The lowest BCUT2D eigenvalue weighted by Crippen LogP contribution is -2.37. The second-order valence-electron chi connectivity index (χ2n) is 4.88. The van der Waals surface area contributed by atoms with Gasteiger partial charge in [-0.05, 0) is 25.2 Å². The van der Waals surface area contributed by atoms with Crippen LogP contribution in [0.2, 0.25) is 0 Å². The lowest BCUT2D eigenvalue weighted by atomic mass is 9.89. The normalized spacial score (nSPS) is 16.4. The minimum atomic E-state index is 0. The van der Waals surface area contributed by atoms with E-state index >= 15 is 0 Å². The summed E-state index contributed by atoms with van der Waals surface area (Å²) in [4.78, 5) is 13.9. The summed E-state index contributed by atoms with van der Waals surface area (Å²) >= 11 is 0. The monoisotopic (exact) mass is 262 g/mol. The molecule has 102 valence electrons. The van der Waals surface area contributed by atoms with Crippen LogP contribution in [0.5, 0.6) is 0 Å². The zero-order chi connectivity index (χ0) is 11.8. The van der Waals surface area contributed by atoms with E-state index in [0.29, 0.717) is 13.0 Å². The first-order chi connectivity index (χ1) is 7.77. The molecule has 1 aliphatic rings. The van der Waals surface area contributed by atoms with E-state index in [-0.39, 0.29) is 18.3 Å². The number of hydrogen-bond donors (Lipinski definition) is 1. The van der Waals surface area contributed by atoms with Gasteiger partial charge in [0.2, 0.25) is 5.91 Å². The Balaban J connectivity index is 0.00000256. The van der Waals surface area contributed by atoms with Crippen LogP contribution in [0.15, 0.2) is 0 Å². The molecule has 1 fully saturated rings. The molecule has 2 N–H and O–H groups in total. The fourth-order valence-corrected chi connectivity index (χ4v) is 2.55. The van der Waals surface area contributed by atoms with E-state index in [2.05, 4.69) is 6.92 Å². The molecular formula is C13H27ClN2O. The van der Waals surface area contributed by atoms with Crippen molar-refractivity contribution in [2.24, 2.45) is 11.7 Å². The highest BCUT2D eigenvalue weighted by Crippen LogP contribution is 2.24. The third-order valence-corrected chi connectivity index (χ3v) is 3.41. The number of hydrogen-bond acceptors (Lipinski definition) is 2. The van der Waals surface area contributed by atoms with Crippen LogP contribution < -0.4 is 5.73 Å². The molecule has 0 radical (unpaired) electrons. The Morgan fingerprint density at radius 2 is 1.94 bits per heavy atom. The molecule has 0 aromatic rings. The maximum Gasteiger partial charge on any atom is 0.223 e. The van der Waals surface area contributed by atoms with Gasteiger partial charge in [-0.1, -0.05) is 26.2 Å². The highest BCUT2D eigenvalue weighted by atomic mass is 35.5. The predicted molar refractivity (Wildman–Crippen MR) is 74.4 cm³/mol. The topological polar surface area (TPSA) is 46.3 Å². The SMILES string of the molecule is CCCN(CC1CCCCC1)C(=O)CCN.Cl. The van der Waals surface area contributed by atoms with E-state index < -0.39 is 0 Å². The van der Waals surface area contributed by atoms with Crippen molar-refractivity contribution < 1.29 is 4.79 Å². The molecule has 0 spiro atoms. The summed E-state index contributed by atoms with van der Waals surface area (Å²) in [5, 5.41) is 0. The second-order valence-corrected chi connectivity index (χ2v) is 4.88. The van der Waals surface area contributed by atoms with Gasteiger partial charge in [0, 0.05) is 26.1 Å². The molecule has 1 saturated carbocycles. The van der Waals surface area contributed by atoms with Crippen molar-refractivity contribution in [3.8, 4) is 0 Å². The average molecular weight is 263 g/mol. The highest BCUT2D eigenvalue weighted by molar-refractivity contribution is 5.85. The molecule has 0 atom stereocenters. The highest BCUT2D eigenvalue weighted by Gasteiger charge is 2.19. The molecule has 0 heterocycles. The van der Waals surface area contributed by atoms with Crippen molar-refractivity contribution in [1.29, 1.82) is 0 Å². The van der Waals surface area contributed by atoms with E-state index in [1.165, 1.54) is 32.1 Å². The van der Waals surface area contributed by atoms with Crippen LogP contribution in [0.3, 0.4) is 0 Å². The number of amides is 1. The van der Waals surface area contributed by atoms with Gasteiger partial charge in [-0.2, -0.15) is 0 Å². The Bertz CT molecular complexity index is 206. The third kappa shape index (κ3) is 6.27. The summed E-state index contributed by atoms with van der Waals surface area (Å²) in [5.41, 5.74) is 5.45. The zero-order valence-electron chi connectivity index (χ0n) is 11.0. The molecule has 17 heavy (non-hydrogen) atoms. The number of rotatable bonds is 6. The largest absolute Gasteiger partial charge is 0.342 e. The summed E-state index contributed by atoms with van der Waals surface area (Å²) < 4.78 is 0. The Labute approximate surface area is 112 Å². The molecule has 0 aliphatic heterocycles. The van der Waals surface area contributed by atoms with Crippen molar-refractivity contribution >= 4 is 18.3 Å². The second kappa shape index (κ2) is 9.72. The smallest absolute Gasteiger partial charge is 0.223 e. The summed E-state index contributed by atoms with van der Waals surface area (Å²) in [7, 11) is 0. The van der Waals surface area contributed by atoms with Crippen LogP contribution in [0.25, 0.3) is 0 Å². The van der Waals surface area contributed by atoms with Crippen LogP contribution >= 0.6 is 12.4 Å². The predicted octanol–water partition coefficient (Wildman–Crippen LogP) is 2.58. The molecule has 0 unspecified atom stereocenters. The number of carbonyl (C=O) groups excluding carboxylic acids is 1. The standard InChI is InChI=1S/C13H26N2O.ClH/c1-2-10-15(13(16)8-9-14)11-12-6-4-3-5-7-12;/h12H,2-11,14H2,1H3;1H.